The number of hydrogen-bond donors (Lipinski definition) is 1. The van der Waals surface area contributed by atoms with Gasteiger partial charge < -0.3 is 10.2 Å². The van der Waals surface area contributed by atoms with Gasteiger partial charge in [0.25, 0.3) is 5.91 Å². The van der Waals surface area contributed by atoms with Gasteiger partial charge in [-0.15, -0.1) is 0 Å². The number of benzene rings is 1. The van der Waals surface area contributed by atoms with Gasteiger partial charge in [0.2, 0.25) is 0 Å². The van der Waals surface area contributed by atoms with E-state index in [9.17, 15) is 4.79 Å². The molecule has 1 aromatic heterocycles. The van der Waals surface area contributed by atoms with Crippen LogP contribution in [-0.4, -0.2) is 36.5 Å². The highest BCUT2D eigenvalue weighted by Crippen LogP contribution is 2.20. The Morgan fingerprint density at radius 1 is 1.23 bits per heavy atom. The third kappa shape index (κ3) is 3.81. The highest BCUT2D eigenvalue weighted by molar-refractivity contribution is 5.98. The summed E-state index contributed by atoms with van der Waals surface area (Å²) in [6.07, 6.45) is 1.60. The predicted molar refractivity (Wildman–Crippen MR) is 89.0 cm³/mol. The highest BCUT2D eigenvalue weighted by Gasteiger charge is 2.16. The number of anilines is 1. The average Bonchev–Trinajstić information content (AvgIpc) is 2.52. The zero-order valence-electron chi connectivity index (χ0n) is 13.5. The summed E-state index contributed by atoms with van der Waals surface area (Å²) in [5, 5.41) is 2.91. The van der Waals surface area contributed by atoms with Crippen LogP contribution in [0, 0.1) is 5.92 Å². The Morgan fingerprint density at radius 2 is 1.91 bits per heavy atom. The van der Waals surface area contributed by atoms with Crippen molar-refractivity contribution < 1.29 is 4.79 Å². The molecule has 5 heteroatoms. The molecule has 1 amide bonds. The summed E-state index contributed by atoms with van der Waals surface area (Å²) in [4.78, 5) is 23.0. The van der Waals surface area contributed by atoms with Crippen LogP contribution < -0.4 is 10.2 Å². The Labute approximate surface area is 131 Å². The van der Waals surface area contributed by atoms with Gasteiger partial charge in [0.1, 0.15) is 11.4 Å². The molecule has 0 radical (unpaired) electrons. The maximum Gasteiger partial charge on any atom is 0.256 e. The predicted octanol–water partition coefficient (Wildman–Crippen LogP) is 2.60. The fourth-order valence-electron chi connectivity index (χ4n) is 1.99. The van der Waals surface area contributed by atoms with Crippen LogP contribution in [-0.2, 0) is 0 Å². The summed E-state index contributed by atoms with van der Waals surface area (Å²) in [7, 11) is 3.74. The van der Waals surface area contributed by atoms with Crippen LogP contribution in [0.5, 0.6) is 0 Å². The van der Waals surface area contributed by atoms with E-state index < -0.39 is 0 Å². The summed E-state index contributed by atoms with van der Waals surface area (Å²) in [6, 6.07) is 9.74. The van der Waals surface area contributed by atoms with Crippen LogP contribution in [0.3, 0.4) is 0 Å². The average molecular weight is 298 g/mol. The molecule has 0 saturated heterocycles. The molecule has 116 valence electrons. The first-order chi connectivity index (χ1) is 10.5. The minimum absolute atomic E-state index is 0.142. The number of amides is 1. The van der Waals surface area contributed by atoms with Crippen molar-refractivity contribution in [3.63, 3.8) is 0 Å². The number of rotatable bonds is 5. The lowest BCUT2D eigenvalue weighted by atomic mass is 10.2. The summed E-state index contributed by atoms with van der Waals surface area (Å²) < 4.78 is 0. The van der Waals surface area contributed by atoms with Crippen molar-refractivity contribution >= 4 is 11.7 Å². The van der Waals surface area contributed by atoms with Gasteiger partial charge in [-0.2, -0.15) is 0 Å². The fourth-order valence-corrected chi connectivity index (χ4v) is 1.99. The van der Waals surface area contributed by atoms with Gasteiger partial charge >= 0.3 is 0 Å². The molecule has 0 aliphatic rings. The van der Waals surface area contributed by atoms with Gasteiger partial charge in [0.05, 0.1) is 0 Å². The molecule has 22 heavy (non-hydrogen) atoms. The van der Waals surface area contributed by atoms with E-state index in [0.717, 1.165) is 5.56 Å². The Morgan fingerprint density at radius 3 is 2.50 bits per heavy atom. The maximum atomic E-state index is 12.3. The molecule has 1 heterocycles. The van der Waals surface area contributed by atoms with Crippen LogP contribution in [0.15, 0.2) is 36.5 Å². The van der Waals surface area contributed by atoms with E-state index in [-0.39, 0.29) is 5.91 Å². The van der Waals surface area contributed by atoms with Gasteiger partial charge in [-0.05, 0) is 5.92 Å². The summed E-state index contributed by atoms with van der Waals surface area (Å²) >= 11 is 0. The van der Waals surface area contributed by atoms with E-state index in [1.54, 1.807) is 6.20 Å². The van der Waals surface area contributed by atoms with Crippen molar-refractivity contribution in [2.45, 2.75) is 13.8 Å². The van der Waals surface area contributed by atoms with Crippen LogP contribution >= 0.6 is 0 Å². The zero-order chi connectivity index (χ0) is 16.1. The Bertz CT molecular complexity index is 638. The lowest BCUT2D eigenvalue weighted by Crippen LogP contribution is -2.29. The van der Waals surface area contributed by atoms with Crippen molar-refractivity contribution in [3.8, 4) is 11.4 Å². The van der Waals surface area contributed by atoms with Gasteiger partial charge in [-0.25, -0.2) is 9.97 Å². The molecule has 1 N–H and O–H groups in total. The van der Waals surface area contributed by atoms with Crippen molar-refractivity contribution in [1.82, 2.24) is 15.3 Å². The number of hydrogen-bond acceptors (Lipinski definition) is 4. The second-order valence-corrected chi connectivity index (χ2v) is 5.80. The first-order valence-corrected chi connectivity index (χ1v) is 7.37. The van der Waals surface area contributed by atoms with Gasteiger partial charge in [0, 0.05) is 32.4 Å². The number of carbonyl (C=O) groups is 1. The smallest absolute Gasteiger partial charge is 0.256 e. The number of nitrogens with zero attached hydrogens (tertiary/aromatic N) is 3. The third-order valence-corrected chi connectivity index (χ3v) is 3.14. The zero-order valence-corrected chi connectivity index (χ0v) is 13.5. The molecule has 2 aromatic rings. The minimum atomic E-state index is -0.142. The molecular formula is C17H22N4O. The first kappa shape index (κ1) is 15.9. The topological polar surface area (TPSA) is 58.1 Å². The molecule has 0 aliphatic carbocycles. The van der Waals surface area contributed by atoms with E-state index in [0.29, 0.717) is 29.7 Å². The molecule has 0 saturated carbocycles. The summed E-state index contributed by atoms with van der Waals surface area (Å²) in [5.74, 6) is 1.49. The number of aromatic nitrogens is 2. The van der Waals surface area contributed by atoms with E-state index in [1.807, 2.05) is 49.3 Å². The van der Waals surface area contributed by atoms with Crippen LogP contribution in [0.1, 0.15) is 24.2 Å². The molecular weight excluding hydrogens is 276 g/mol. The molecule has 2 rings (SSSR count). The quantitative estimate of drug-likeness (QED) is 0.922. The van der Waals surface area contributed by atoms with E-state index in [4.69, 9.17) is 0 Å². The van der Waals surface area contributed by atoms with Crippen molar-refractivity contribution in [1.29, 1.82) is 0 Å². The van der Waals surface area contributed by atoms with Crippen molar-refractivity contribution in [2.24, 2.45) is 5.92 Å². The fraction of sp³-hybridized carbons (Fsp3) is 0.353. The summed E-state index contributed by atoms with van der Waals surface area (Å²) in [5.41, 5.74) is 1.42. The Kier molecular flexibility index (Phi) is 5.09. The van der Waals surface area contributed by atoms with E-state index in [1.165, 1.54) is 0 Å². The lowest BCUT2D eigenvalue weighted by molar-refractivity contribution is 0.0949. The van der Waals surface area contributed by atoms with Gasteiger partial charge in [-0.3, -0.25) is 4.79 Å². The molecule has 0 bridgehead atoms. The standard InChI is InChI=1S/C17H22N4O/c1-12(2)10-19-17(22)14-11-18-15(20-16(14)21(3)4)13-8-6-5-7-9-13/h5-9,11-12H,10H2,1-4H3,(H,19,22). The third-order valence-electron chi connectivity index (χ3n) is 3.14. The van der Waals surface area contributed by atoms with Crippen molar-refractivity contribution in [3.05, 3.63) is 42.1 Å². The second kappa shape index (κ2) is 7.02. The monoisotopic (exact) mass is 298 g/mol. The molecule has 0 fully saturated rings. The van der Waals surface area contributed by atoms with E-state index >= 15 is 0 Å². The SMILES string of the molecule is CC(C)CNC(=O)c1cnc(-c2ccccc2)nc1N(C)C. The number of carbonyl (C=O) groups excluding carboxylic acids is 1. The number of nitrogens with one attached hydrogen (secondary N) is 1. The van der Waals surface area contributed by atoms with Crippen molar-refractivity contribution in [2.75, 3.05) is 25.5 Å². The molecule has 0 spiro atoms. The van der Waals surface area contributed by atoms with Gasteiger partial charge in [-0.1, -0.05) is 44.2 Å². The minimum Gasteiger partial charge on any atom is -0.362 e. The van der Waals surface area contributed by atoms with Crippen LogP contribution in [0.2, 0.25) is 0 Å². The lowest BCUT2D eigenvalue weighted by Gasteiger charge is -2.17. The normalized spacial score (nSPS) is 10.6. The van der Waals surface area contributed by atoms with E-state index in [2.05, 4.69) is 29.1 Å². The Hall–Kier alpha value is -2.43. The largest absolute Gasteiger partial charge is 0.362 e. The Balaban J connectivity index is 2.34. The van der Waals surface area contributed by atoms with Crippen LogP contribution in [0.25, 0.3) is 11.4 Å². The van der Waals surface area contributed by atoms with Gasteiger partial charge in [0.15, 0.2) is 5.82 Å². The maximum absolute atomic E-state index is 12.3. The molecule has 0 unspecified atom stereocenters. The first-order valence-electron chi connectivity index (χ1n) is 7.37. The highest BCUT2D eigenvalue weighted by atomic mass is 16.1. The second-order valence-electron chi connectivity index (χ2n) is 5.80. The molecule has 0 atom stereocenters. The molecule has 1 aromatic carbocycles. The molecule has 0 aliphatic heterocycles. The summed E-state index contributed by atoms with van der Waals surface area (Å²) in [6.45, 7) is 4.75. The van der Waals surface area contributed by atoms with Crippen LogP contribution in [0.4, 0.5) is 5.82 Å². The molecule has 5 nitrogen and oxygen atoms in total.